The molecule has 0 saturated carbocycles. The van der Waals surface area contributed by atoms with Crippen LogP contribution in [0.3, 0.4) is 0 Å². The molecule has 0 amide bonds. The van der Waals surface area contributed by atoms with Crippen LogP contribution in [0.5, 0.6) is 0 Å². The van der Waals surface area contributed by atoms with Crippen LogP contribution in [0.1, 0.15) is 12.0 Å². The summed E-state index contributed by atoms with van der Waals surface area (Å²) in [6.45, 7) is 0.963. The van der Waals surface area contributed by atoms with Crippen LogP contribution in [0.2, 0.25) is 6.04 Å². The van der Waals surface area contributed by atoms with Gasteiger partial charge in [-0.25, -0.2) is 0 Å². The summed E-state index contributed by atoms with van der Waals surface area (Å²) in [6.07, 6.45) is 1.20. The van der Waals surface area contributed by atoms with Crippen molar-refractivity contribution in [3.05, 3.63) is 29.8 Å². The molecule has 2 nitrogen and oxygen atoms in total. The maximum Gasteiger partial charge on any atom is 0.152 e. The molecule has 0 N–H and O–H groups in total. The van der Waals surface area contributed by atoms with Gasteiger partial charge in [-0.3, -0.25) is 0 Å². The molecule has 2 rings (SSSR count). The average Bonchev–Trinajstić information content (AvgIpc) is 2.30. The lowest BCUT2D eigenvalue weighted by Gasteiger charge is -2.21. The van der Waals surface area contributed by atoms with E-state index in [0.29, 0.717) is 0 Å². The van der Waals surface area contributed by atoms with Gasteiger partial charge in [0.2, 0.25) is 0 Å². The number of nitriles is 1. The van der Waals surface area contributed by atoms with Crippen LogP contribution in [0.4, 0.5) is 0 Å². The highest BCUT2D eigenvalue weighted by molar-refractivity contribution is 7.17. The predicted molar refractivity (Wildman–Crippen MR) is 61.9 cm³/mol. The second-order valence-electron chi connectivity index (χ2n) is 3.61. The minimum Gasteiger partial charge on any atom is -0.427 e. The lowest BCUT2D eigenvalue weighted by atomic mass is 10.2. The number of hydrogen-bond donors (Lipinski definition) is 0. The van der Waals surface area contributed by atoms with Crippen molar-refractivity contribution in [2.24, 2.45) is 0 Å². The molecule has 0 aromatic heterocycles. The zero-order chi connectivity index (χ0) is 9.80. The van der Waals surface area contributed by atoms with Crippen molar-refractivity contribution in [1.29, 1.82) is 5.26 Å². The smallest absolute Gasteiger partial charge is 0.152 e. The molecule has 4 heteroatoms. The third kappa shape index (κ3) is 1.95. The molecule has 0 aliphatic carbocycles. The average molecular weight is 219 g/mol. The summed E-state index contributed by atoms with van der Waals surface area (Å²) in [5.41, 5.74) is 0.891. The summed E-state index contributed by atoms with van der Waals surface area (Å²) >= 11 is 0. The van der Waals surface area contributed by atoms with Crippen molar-refractivity contribution < 1.29 is 4.43 Å². The largest absolute Gasteiger partial charge is 0.427 e. The van der Waals surface area contributed by atoms with Gasteiger partial charge in [-0.05, 0) is 17.7 Å². The van der Waals surface area contributed by atoms with Crippen molar-refractivity contribution in [2.45, 2.75) is 12.5 Å². The van der Waals surface area contributed by atoms with Crippen LogP contribution >= 0.6 is 0 Å². The van der Waals surface area contributed by atoms with Crippen molar-refractivity contribution in [2.75, 3.05) is 6.61 Å². The van der Waals surface area contributed by atoms with Gasteiger partial charge in [-0.2, -0.15) is 5.26 Å². The summed E-state index contributed by atoms with van der Waals surface area (Å²) in [7, 11) is -1.17. The maximum atomic E-state index is 9.00. The van der Waals surface area contributed by atoms with Crippen molar-refractivity contribution in [1.82, 2.24) is 0 Å². The van der Waals surface area contributed by atoms with E-state index in [9.17, 15) is 0 Å². The predicted octanol–water partition coefficient (Wildman–Crippen LogP) is -0.00682. The van der Waals surface area contributed by atoms with Gasteiger partial charge in [0.05, 0.1) is 19.9 Å². The van der Waals surface area contributed by atoms with Crippen LogP contribution in [-0.4, -0.2) is 24.2 Å². The van der Waals surface area contributed by atoms with Crippen LogP contribution in [0.15, 0.2) is 24.3 Å². The Kier molecular flexibility index (Phi) is 3.14. The molecule has 14 heavy (non-hydrogen) atoms. The lowest BCUT2D eigenvalue weighted by molar-refractivity contribution is 0.336. The first-order valence-electron chi connectivity index (χ1n) is 4.98. The lowest BCUT2D eigenvalue weighted by Crippen LogP contribution is -2.42. The Balaban J connectivity index is 2.26. The minimum absolute atomic E-state index is 0.319. The fourth-order valence-corrected chi connectivity index (χ4v) is 9.22. The minimum atomic E-state index is -0.847. The van der Waals surface area contributed by atoms with Crippen LogP contribution < -0.4 is 5.19 Å². The van der Waals surface area contributed by atoms with E-state index in [4.69, 9.17) is 9.69 Å². The Bertz CT molecular complexity index is 355. The fourth-order valence-electron chi connectivity index (χ4n) is 1.94. The van der Waals surface area contributed by atoms with Crippen molar-refractivity contribution in [3.8, 4) is 6.07 Å². The normalized spacial score (nSPS) is 23.2. The first-order valence-corrected chi connectivity index (χ1v) is 10.2. The number of benzene rings is 1. The second-order valence-corrected chi connectivity index (χ2v) is 10.9. The summed E-state index contributed by atoms with van der Waals surface area (Å²) < 4.78 is 5.63. The maximum absolute atomic E-state index is 9.00. The van der Waals surface area contributed by atoms with Crippen LogP contribution in [0, 0.1) is 11.3 Å². The van der Waals surface area contributed by atoms with E-state index in [0.717, 1.165) is 12.2 Å². The monoisotopic (exact) mass is 219 g/mol. The summed E-state index contributed by atoms with van der Waals surface area (Å²) in [4.78, 5) is 0. The second kappa shape index (κ2) is 4.55. The van der Waals surface area contributed by atoms with Gasteiger partial charge in [-0.15, -0.1) is 0 Å². The molecule has 1 fully saturated rings. The Morgan fingerprint density at radius 1 is 1.43 bits per heavy atom. The van der Waals surface area contributed by atoms with Gasteiger partial charge in [0, 0.05) is 6.61 Å². The Labute approximate surface area is 87.9 Å². The topological polar surface area (TPSA) is 33.0 Å². The molecule has 1 aliphatic rings. The zero-order valence-electron chi connectivity index (χ0n) is 8.07. The molecule has 0 bridgehead atoms. The molecule has 1 saturated heterocycles. The molecule has 1 aromatic rings. The SMILES string of the molecule is N#Cc1ccccc1[SiH]1CCCO[SiH2]1. The van der Waals surface area contributed by atoms with E-state index in [1.807, 2.05) is 18.2 Å². The Morgan fingerprint density at radius 2 is 2.29 bits per heavy atom. The first kappa shape index (κ1) is 9.65. The standard InChI is InChI=1S/C10H13NOSi2/c11-8-9-4-1-2-5-10(9)14-7-3-6-12-13-14/h1-2,4-5,14H,3,6-7,13H2. The molecular weight excluding hydrogens is 206 g/mol. The highest BCUT2D eigenvalue weighted by Crippen LogP contribution is 2.07. The zero-order valence-corrected chi connectivity index (χ0v) is 10.6. The number of rotatable bonds is 1. The highest BCUT2D eigenvalue weighted by atomic mass is 29.2. The molecule has 0 spiro atoms. The van der Waals surface area contributed by atoms with Gasteiger partial charge in [0.1, 0.15) is 0 Å². The van der Waals surface area contributed by atoms with E-state index in [-0.39, 0.29) is 9.28 Å². The van der Waals surface area contributed by atoms with E-state index >= 15 is 0 Å². The van der Waals surface area contributed by atoms with E-state index < -0.39 is 8.31 Å². The molecule has 1 aromatic carbocycles. The van der Waals surface area contributed by atoms with Gasteiger partial charge in [0.15, 0.2) is 9.28 Å². The molecular formula is C10H13NOSi2. The number of hydrogen-bond acceptors (Lipinski definition) is 2. The summed E-state index contributed by atoms with van der Waals surface area (Å²) in [6, 6.07) is 11.7. The highest BCUT2D eigenvalue weighted by Gasteiger charge is 2.20. The van der Waals surface area contributed by atoms with E-state index in [1.54, 1.807) is 0 Å². The summed E-state index contributed by atoms with van der Waals surface area (Å²) in [5, 5.41) is 10.3. The first-order chi connectivity index (χ1) is 6.92. The molecule has 1 unspecified atom stereocenters. The van der Waals surface area contributed by atoms with Gasteiger partial charge >= 0.3 is 0 Å². The van der Waals surface area contributed by atoms with E-state index in [2.05, 4.69) is 12.1 Å². The third-order valence-electron chi connectivity index (χ3n) is 2.68. The molecule has 1 heterocycles. The molecule has 1 aliphatic heterocycles. The Morgan fingerprint density at radius 3 is 3.00 bits per heavy atom. The number of nitrogens with zero attached hydrogens (tertiary/aromatic N) is 1. The van der Waals surface area contributed by atoms with Gasteiger partial charge in [0.25, 0.3) is 0 Å². The van der Waals surface area contributed by atoms with Crippen molar-refractivity contribution >= 4 is 22.8 Å². The quantitative estimate of drug-likeness (QED) is 0.623. The molecule has 1 atom stereocenters. The van der Waals surface area contributed by atoms with Crippen molar-refractivity contribution in [3.63, 3.8) is 0 Å². The summed E-state index contributed by atoms with van der Waals surface area (Å²) in [5.74, 6) is 0. The molecule has 0 radical (unpaired) electrons. The van der Waals surface area contributed by atoms with Gasteiger partial charge in [-0.1, -0.05) is 24.2 Å². The fraction of sp³-hybridized carbons (Fsp3) is 0.300. The van der Waals surface area contributed by atoms with Crippen LogP contribution in [0.25, 0.3) is 0 Å². The van der Waals surface area contributed by atoms with Crippen LogP contribution in [-0.2, 0) is 4.43 Å². The van der Waals surface area contributed by atoms with E-state index in [1.165, 1.54) is 17.7 Å². The van der Waals surface area contributed by atoms with Gasteiger partial charge < -0.3 is 4.43 Å². The third-order valence-corrected chi connectivity index (χ3v) is 10.6. The molecule has 72 valence electrons. The Hall–Kier alpha value is -0.896.